The van der Waals surface area contributed by atoms with Crippen molar-refractivity contribution >= 4 is 5.97 Å². The van der Waals surface area contributed by atoms with Crippen molar-refractivity contribution in [3.8, 4) is 5.75 Å². The van der Waals surface area contributed by atoms with Crippen LogP contribution in [0.2, 0.25) is 0 Å². The van der Waals surface area contributed by atoms with Crippen LogP contribution < -0.4 is 10.5 Å². The zero-order chi connectivity index (χ0) is 12.2. The minimum atomic E-state index is -1.73. The van der Waals surface area contributed by atoms with E-state index in [0.717, 1.165) is 0 Å². The van der Waals surface area contributed by atoms with Gasteiger partial charge in [-0.1, -0.05) is 18.2 Å². The van der Waals surface area contributed by atoms with Crippen molar-refractivity contribution in [3.63, 3.8) is 0 Å². The van der Waals surface area contributed by atoms with E-state index in [1.165, 1.54) is 13.2 Å². The van der Waals surface area contributed by atoms with E-state index in [-0.39, 0.29) is 12.1 Å². The number of carboxylic acids is 1. The zero-order valence-electron chi connectivity index (χ0n) is 8.94. The number of halogens is 1. The fourth-order valence-electron chi connectivity index (χ4n) is 1.54. The molecule has 0 saturated carbocycles. The normalized spacial score (nSPS) is 14.2. The molecule has 1 atom stereocenters. The van der Waals surface area contributed by atoms with Gasteiger partial charge in [0.2, 0.25) is 0 Å². The molecule has 0 aromatic heterocycles. The topological polar surface area (TPSA) is 72.5 Å². The van der Waals surface area contributed by atoms with Gasteiger partial charge in [0.1, 0.15) is 17.8 Å². The van der Waals surface area contributed by atoms with Crippen molar-refractivity contribution < 1.29 is 19.0 Å². The highest BCUT2D eigenvalue weighted by molar-refractivity contribution is 5.83. The molecule has 0 spiro atoms. The van der Waals surface area contributed by atoms with Gasteiger partial charge in [-0.2, -0.15) is 0 Å². The summed E-state index contributed by atoms with van der Waals surface area (Å²) in [5.74, 6) is -0.963. The molecule has 0 aliphatic rings. The molecular formula is C11H14FNO3. The minimum absolute atomic E-state index is 0.259. The van der Waals surface area contributed by atoms with E-state index in [9.17, 15) is 9.18 Å². The SMILES string of the molecule is COc1ccccc1C(CN)(CF)C(=O)O. The summed E-state index contributed by atoms with van der Waals surface area (Å²) in [6.45, 7) is -1.39. The average molecular weight is 227 g/mol. The van der Waals surface area contributed by atoms with E-state index in [1.807, 2.05) is 0 Å². The lowest BCUT2D eigenvalue weighted by Crippen LogP contribution is -2.45. The van der Waals surface area contributed by atoms with E-state index < -0.39 is 18.1 Å². The molecule has 0 aliphatic heterocycles. The summed E-state index contributed by atoms with van der Waals surface area (Å²) in [4.78, 5) is 11.2. The molecule has 0 fully saturated rings. The third kappa shape index (κ3) is 1.86. The first-order valence-corrected chi connectivity index (χ1v) is 4.75. The Labute approximate surface area is 92.8 Å². The van der Waals surface area contributed by atoms with Gasteiger partial charge in [0, 0.05) is 12.1 Å². The number of carbonyl (C=O) groups is 1. The molecule has 0 radical (unpaired) electrons. The van der Waals surface area contributed by atoms with Gasteiger partial charge in [-0.25, -0.2) is 4.39 Å². The lowest BCUT2D eigenvalue weighted by molar-refractivity contribution is -0.144. The average Bonchev–Trinajstić information content (AvgIpc) is 2.31. The number of aliphatic carboxylic acids is 1. The molecule has 1 aromatic rings. The monoisotopic (exact) mass is 227 g/mol. The molecule has 3 N–H and O–H groups in total. The first kappa shape index (κ1) is 12.4. The summed E-state index contributed by atoms with van der Waals surface area (Å²) >= 11 is 0. The first-order chi connectivity index (χ1) is 7.62. The van der Waals surface area contributed by atoms with E-state index >= 15 is 0 Å². The summed E-state index contributed by atoms with van der Waals surface area (Å²) in [5, 5.41) is 9.12. The maximum Gasteiger partial charge on any atom is 0.318 e. The van der Waals surface area contributed by atoms with Crippen LogP contribution in [0, 0.1) is 0 Å². The summed E-state index contributed by atoms with van der Waals surface area (Å²) in [5.41, 5.74) is 3.93. The third-order valence-corrected chi connectivity index (χ3v) is 2.61. The Morgan fingerprint density at radius 2 is 2.19 bits per heavy atom. The van der Waals surface area contributed by atoms with E-state index in [0.29, 0.717) is 5.75 Å². The van der Waals surface area contributed by atoms with Crippen LogP contribution in [0.15, 0.2) is 24.3 Å². The second kappa shape index (κ2) is 4.94. The maximum atomic E-state index is 13.0. The number of alkyl halides is 1. The molecule has 4 nitrogen and oxygen atoms in total. The van der Waals surface area contributed by atoms with Crippen molar-refractivity contribution in [1.82, 2.24) is 0 Å². The van der Waals surface area contributed by atoms with Gasteiger partial charge in [0.05, 0.1) is 7.11 Å². The van der Waals surface area contributed by atoms with Crippen molar-refractivity contribution in [1.29, 1.82) is 0 Å². The highest BCUT2D eigenvalue weighted by Crippen LogP contribution is 2.32. The number of hydrogen-bond donors (Lipinski definition) is 2. The number of hydrogen-bond acceptors (Lipinski definition) is 3. The van der Waals surface area contributed by atoms with Crippen LogP contribution >= 0.6 is 0 Å². The highest BCUT2D eigenvalue weighted by Gasteiger charge is 2.41. The van der Waals surface area contributed by atoms with E-state index in [4.69, 9.17) is 15.6 Å². The van der Waals surface area contributed by atoms with Gasteiger partial charge in [0.15, 0.2) is 0 Å². The predicted octanol–water partition coefficient (Wildman–Crippen LogP) is 0.946. The molecule has 0 heterocycles. The predicted molar refractivity (Wildman–Crippen MR) is 57.3 cm³/mol. The van der Waals surface area contributed by atoms with Crippen molar-refractivity contribution in [2.24, 2.45) is 5.73 Å². The standard InChI is InChI=1S/C11H14FNO3/c1-16-9-5-3-2-4-8(9)11(6-12,7-13)10(14)15/h2-5H,6-7,13H2,1H3,(H,14,15). The Bertz CT molecular complexity index is 377. The van der Waals surface area contributed by atoms with Gasteiger partial charge in [0.25, 0.3) is 0 Å². The number of ether oxygens (including phenoxy) is 1. The molecule has 0 saturated heterocycles. The van der Waals surface area contributed by atoms with E-state index in [2.05, 4.69) is 0 Å². The Morgan fingerprint density at radius 3 is 2.62 bits per heavy atom. The third-order valence-electron chi connectivity index (χ3n) is 2.61. The molecule has 5 heteroatoms. The second-order valence-electron chi connectivity index (χ2n) is 3.43. The van der Waals surface area contributed by atoms with Crippen LogP contribution in [0.5, 0.6) is 5.75 Å². The summed E-state index contributed by atoms with van der Waals surface area (Å²) in [6.07, 6.45) is 0. The van der Waals surface area contributed by atoms with Gasteiger partial charge >= 0.3 is 5.97 Å². The molecule has 0 bridgehead atoms. The van der Waals surface area contributed by atoms with Gasteiger partial charge in [-0.05, 0) is 6.07 Å². The van der Waals surface area contributed by atoms with Crippen molar-refractivity contribution in [2.75, 3.05) is 20.3 Å². The Balaban J connectivity index is 3.36. The fraction of sp³-hybridized carbons (Fsp3) is 0.364. The maximum absolute atomic E-state index is 13.0. The number of carboxylic acid groups (broad SMARTS) is 1. The Morgan fingerprint density at radius 1 is 1.56 bits per heavy atom. The van der Waals surface area contributed by atoms with E-state index in [1.54, 1.807) is 18.2 Å². The van der Waals surface area contributed by atoms with Crippen molar-refractivity contribution in [2.45, 2.75) is 5.41 Å². The molecule has 1 unspecified atom stereocenters. The lowest BCUT2D eigenvalue weighted by atomic mass is 9.81. The van der Waals surface area contributed by atoms with Crippen LogP contribution in [-0.4, -0.2) is 31.4 Å². The van der Waals surface area contributed by atoms with Gasteiger partial charge in [-0.15, -0.1) is 0 Å². The molecular weight excluding hydrogens is 213 g/mol. The van der Waals surface area contributed by atoms with Crippen molar-refractivity contribution in [3.05, 3.63) is 29.8 Å². The lowest BCUT2D eigenvalue weighted by Gasteiger charge is -2.26. The first-order valence-electron chi connectivity index (χ1n) is 4.75. The number of rotatable bonds is 5. The second-order valence-corrected chi connectivity index (χ2v) is 3.43. The number of benzene rings is 1. The Kier molecular flexibility index (Phi) is 3.84. The Hall–Kier alpha value is -1.62. The summed E-state index contributed by atoms with van der Waals surface area (Å²) < 4.78 is 18.1. The van der Waals surface area contributed by atoms with Crippen LogP contribution in [0.1, 0.15) is 5.56 Å². The fourth-order valence-corrected chi connectivity index (χ4v) is 1.54. The highest BCUT2D eigenvalue weighted by atomic mass is 19.1. The molecule has 0 amide bonds. The minimum Gasteiger partial charge on any atom is -0.496 e. The molecule has 1 aromatic carbocycles. The van der Waals surface area contributed by atoms with Gasteiger partial charge < -0.3 is 15.6 Å². The molecule has 16 heavy (non-hydrogen) atoms. The summed E-state index contributed by atoms with van der Waals surface area (Å²) in [7, 11) is 1.40. The molecule has 0 aliphatic carbocycles. The van der Waals surface area contributed by atoms with Crippen LogP contribution in [0.25, 0.3) is 0 Å². The quantitative estimate of drug-likeness (QED) is 0.785. The number of nitrogens with two attached hydrogens (primary N) is 1. The molecule has 1 rings (SSSR count). The number of para-hydroxylation sites is 1. The van der Waals surface area contributed by atoms with Crippen LogP contribution in [0.4, 0.5) is 4.39 Å². The van der Waals surface area contributed by atoms with Crippen LogP contribution in [-0.2, 0) is 10.2 Å². The largest absolute Gasteiger partial charge is 0.496 e. The smallest absolute Gasteiger partial charge is 0.318 e. The zero-order valence-corrected chi connectivity index (χ0v) is 8.94. The molecule has 88 valence electrons. The van der Waals surface area contributed by atoms with Crippen LogP contribution in [0.3, 0.4) is 0 Å². The summed E-state index contributed by atoms with van der Waals surface area (Å²) in [6, 6.07) is 6.41. The van der Waals surface area contributed by atoms with Gasteiger partial charge in [-0.3, -0.25) is 4.79 Å². The number of methoxy groups -OCH3 is 1.